The molecule has 1 saturated heterocycles. The lowest BCUT2D eigenvalue weighted by Gasteiger charge is -2.34. The number of carbonyl (C=O) groups is 1. The number of rotatable bonds is 3. The van der Waals surface area contributed by atoms with Gasteiger partial charge >= 0.3 is 0 Å². The van der Waals surface area contributed by atoms with E-state index in [-0.39, 0.29) is 11.3 Å². The van der Waals surface area contributed by atoms with Gasteiger partial charge in [0.15, 0.2) is 0 Å². The smallest absolute Gasteiger partial charge is 0.254 e. The van der Waals surface area contributed by atoms with E-state index in [0.29, 0.717) is 37.9 Å². The Hall–Kier alpha value is -3.74. The second kappa shape index (κ2) is 8.56. The molecule has 5 rings (SSSR count). The van der Waals surface area contributed by atoms with Gasteiger partial charge in [-0.05, 0) is 35.6 Å². The Morgan fingerprint density at radius 1 is 0.912 bits per heavy atom. The number of anilines is 1. The molecule has 2 aromatic heterocycles. The van der Waals surface area contributed by atoms with Crippen molar-refractivity contribution in [2.75, 3.05) is 31.1 Å². The zero-order chi connectivity index (χ0) is 23.9. The first-order valence-corrected chi connectivity index (χ1v) is 11.7. The Morgan fingerprint density at radius 3 is 2.29 bits per heavy atom. The van der Waals surface area contributed by atoms with Crippen LogP contribution in [0, 0.1) is 6.92 Å². The minimum atomic E-state index is 0.0865. The van der Waals surface area contributed by atoms with Crippen LogP contribution in [0.1, 0.15) is 42.3 Å². The van der Waals surface area contributed by atoms with E-state index in [9.17, 15) is 4.79 Å². The molecule has 4 aromatic rings. The van der Waals surface area contributed by atoms with Crippen LogP contribution in [0.15, 0.2) is 60.8 Å². The van der Waals surface area contributed by atoms with Crippen LogP contribution in [0.5, 0.6) is 0 Å². The summed E-state index contributed by atoms with van der Waals surface area (Å²) in [5, 5.41) is 4.79. The van der Waals surface area contributed by atoms with Crippen LogP contribution in [-0.4, -0.2) is 56.6 Å². The fraction of sp³-hybridized carbons (Fsp3) is 0.333. The number of amides is 1. The first kappa shape index (κ1) is 22.1. The van der Waals surface area contributed by atoms with Crippen LogP contribution >= 0.6 is 0 Å². The highest BCUT2D eigenvalue weighted by molar-refractivity contribution is 5.95. The summed E-state index contributed by atoms with van der Waals surface area (Å²) in [5.74, 6) is 1.31. The summed E-state index contributed by atoms with van der Waals surface area (Å²) < 4.78 is 1.81. The lowest BCUT2D eigenvalue weighted by Crippen LogP contribution is -2.49. The molecule has 3 heterocycles. The molecule has 1 fully saturated rings. The fourth-order valence-corrected chi connectivity index (χ4v) is 4.37. The number of hydrogen-bond donors (Lipinski definition) is 0. The van der Waals surface area contributed by atoms with Crippen molar-refractivity contribution in [2.45, 2.75) is 33.1 Å². The Kier molecular flexibility index (Phi) is 5.55. The summed E-state index contributed by atoms with van der Waals surface area (Å²) >= 11 is 0. The summed E-state index contributed by atoms with van der Waals surface area (Å²) in [4.78, 5) is 26.1. The monoisotopic (exact) mass is 454 g/mol. The van der Waals surface area contributed by atoms with E-state index >= 15 is 0 Å². The van der Waals surface area contributed by atoms with Gasteiger partial charge in [-0.3, -0.25) is 4.79 Å². The zero-order valence-corrected chi connectivity index (χ0v) is 20.2. The van der Waals surface area contributed by atoms with E-state index in [1.54, 1.807) is 6.20 Å². The van der Waals surface area contributed by atoms with Gasteiger partial charge in [0, 0.05) is 43.5 Å². The standard InChI is InChI=1S/C27H30N6O/c1-19-7-5-6-8-22(19)24(34)31-15-17-32(18-16-31)26-29-25-28-14-13-23(33(25)30-26)20-9-11-21(12-10-20)27(2,3)4/h5-14H,15-18H2,1-4H3. The summed E-state index contributed by atoms with van der Waals surface area (Å²) in [6, 6.07) is 18.3. The number of hydrogen-bond acceptors (Lipinski definition) is 5. The summed E-state index contributed by atoms with van der Waals surface area (Å²) in [7, 11) is 0. The number of piperazine rings is 1. The maximum Gasteiger partial charge on any atom is 0.254 e. The molecule has 0 N–H and O–H groups in total. The van der Waals surface area contributed by atoms with E-state index in [1.165, 1.54) is 5.56 Å². The molecule has 2 aromatic carbocycles. The topological polar surface area (TPSA) is 66.6 Å². The molecule has 1 aliphatic rings. The molecular weight excluding hydrogens is 424 g/mol. The van der Waals surface area contributed by atoms with Crippen LogP contribution in [0.4, 0.5) is 5.95 Å². The number of carbonyl (C=O) groups excluding carboxylic acids is 1. The number of aryl methyl sites for hydroxylation is 1. The Balaban J connectivity index is 1.35. The Bertz CT molecular complexity index is 1330. The van der Waals surface area contributed by atoms with Gasteiger partial charge in [-0.1, -0.05) is 63.2 Å². The van der Waals surface area contributed by atoms with Crippen molar-refractivity contribution in [3.05, 3.63) is 77.5 Å². The third-order valence-electron chi connectivity index (χ3n) is 6.50. The zero-order valence-electron chi connectivity index (χ0n) is 20.2. The minimum Gasteiger partial charge on any atom is -0.336 e. The van der Waals surface area contributed by atoms with E-state index in [2.05, 4.69) is 59.9 Å². The SMILES string of the molecule is Cc1ccccc1C(=O)N1CCN(c2nc3nccc(-c4ccc(C(C)(C)C)cc4)n3n2)CC1. The highest BCUT2D eigenvalue weighted by atomic mass is 16.2. The summed E-state index contributed by atoms with van der Waals surface area (Å²) in [6.45, 7) is 11.3. The average molecular weight is 455 g/mol. The molecule has 0 bridgehead atoms. The maximum atomic E-state index is 13.0. The first-order valence-electron chi connectivity index (χ1n) is 11.7. The van der Waals surface area contributed by atoms with Gasteiger partial charge in [-0.15, -0.1) is 5.10 Å². The van der Waals surface area contributed by atoms with E-state index in [4.69, 9.17) is 5.10 Å². The van der Waals surface area contributed by atoms with Crippen LogP contribution in [-0.2, 0) is 5.41 Å². The number of aromatic nitrogens is 4. The first-order chi connectivity index (χ1) is 16.3. The average Bonchev–Trinajstić information content (AvgIpc) is 3.28. The van der Waals surface area contributed by atoms with Gasteiger partial charge in [0.05, 0.1) is 5.69 Å². The van der Waals surface area contributed by atoms with Gasteiger partial charge in [0.25, 0.3) is 11.7 Å². The van der Waals surface area contributed by atoms with E-state index in [1.807, 2.05) is 46.7 Å². The number of nitrogens with zero attached hydrogens (tertiary/aromatic N) is 6. The third-order valence-corrected chi connectivity index (χ3v) is 6.50. The van der Waals surface area contributed by atoms with Crippen LogP contribution in [0.3, 0.4) is 0 Å². The predicted octanol–water partition coefficient (Wildman–Crippen LogP) is 4.36. The van der Waals surface area contributed by atoms with Gasteiger partial charge in [-0.25, -0.2) is 4.98 Å². The molecule has 0 unspecified atom stereocenters. The molecule has 1 amide bonds. The summed E-state index contributed by atoms with van der Waals surface area (Å²) in [6.07, 6.45) is 1.78. The van der Waals surface area contributed by atoms with Crippen molar-refractivity contribution < 1.29 is 4.79 Å². The normalized spacial score (nSPS) is 14.6. The minimum absolute atomic E-state index is 0.0865. The molecule has 0 saturated carbocycles. The molecule has 34 heavy (non-hydrogen) atoms. The highest BCUT2D eigenvalue weighted by Gasteiger charge is 2.25. The van der Waals surface area contributed by atoms with E-state index < -0.39 is 0 Å². The van der Waals surface area contributed by atoms with Crippen molar-refractivity contribution in [2.24, 2.45) is 0 Å². The van der Waals surface area contributed by atoms with Crippen molar-refractivity contribution in [3.8, 4) is 11.3 Å². The molecule has 1 aliphatic heterocycles. The van der Waals surface area contributed by atoms with Crippen LogP contribution in [0.25, 0.3) is 17.0 Å². The van der Waals surface area contributed by atoms with Gasteiger partial charge in [0.1, 0.15) is 0 Å². The quantitative estimate of drug-likeness (QED) is 0.460. The molecule has 0 atom stereocenters. The molecule has 0 radical (unpaired) electrons. The lowest BCUT2D eigenvalue weighted by molar-refractivity contribution is 0.0745. The second-order valence-electron chi connectivity index (χ2n) is 9.88. The largest absolute Gasteiger partial charge is 0.336 e. The Labute approximate surface area is 200 Å². The molecule has 7 heteroatoms. The van der Waals surface area contributed by atoms with Crippen LogP contribution < -0.4 is 4.90 Å². The predicted molar refractivity (Wildman–Crippen MR) is 134 cm³/mol. The fourth-order valence-electron chi connectivity index (χ4n) is 4.37. The van der Waals surface area contributed by atoms with Gasteiger partial charge in [0.2, 0.25) is 5.95 Å². The van der Waals surface area contributed by atoms with Crippen molar-refractivity contribution in [1.82, 2.24) is 24.5 Å². The number of benzene rings is 2. The molecule has 7 nitrogen and oxygen atoms in total. The van der Waals surface area contributed by atoms with Gasteiger partial charge < -0.3 is 9.80 Å². The van der Waals surface area contributed by atoms with Crippen molar-refractivity contribution >= 4 is 17.6 Å². The summed E-state index contributed by atoms with van der Waals surface area (Å²) in [5.41, 5.74) is 5.20. The van der Waals surface area contributed by atoms with Gasteiger partial charge in [-0.2, -0.15) is 9.50 Å². The van der Waals surface area contributed by atoms with Crippen molar-refractivity contribution in [1.29, 1.82) is 0 Å². The maximum absolute atomic E-state index is 13.0. The van der Waals surface area contributed by atoms with E-state index in [0.717, 1.165) is 22.4 Å². The highest BCUT2D eigenvalue weighted by Crippen LogP contribution is 2.26. The molecule has 174 valence electrons. The molecular formula is C27H30N6O. The molecule has 0 aliphatic carbocycles. The Morgan fingerprint density at radius 2 is 1.62 bits per heavy atom. The second-order valence-corrected chi connectivity index (χ2v) is 9.88. The van der Waals surface area contributed by atoms with Crippen LogP contribution in [0.2, 0.25) is 0 Å². The molecule has 0 spiro atoms. The number of fused-ring (bicyclic) bond motifs is 1. The lowest BCUT2D eigenvalue weighted by atomic mass is 9.86. The van der Waals surface area contributed by atoms with Crippen molar-refractivity contribution in [3.63, 3.8) is 0 Å². The third kappa shape index (κ3) is 4.14.